The molecule has 120 valence electrons. The first-order chi connectivity index (χ1) is 10.1. The van der Waals surface area contributed by atoms with Gasteiger partial charge in [0.1, 0.15) is 5.82 Å². The van der Waals surface area contributed by atoms with Gasteiger partial charge in [0.05, 0.1) is 18.2 Å². The number of ether oxygens (including phenoxy) is 1. The van der Waals surface area contributed by atoms with Crippen LogP contribution in [0, 0.1) is 6.92 Å². The summed E-state index contributed by atoms with van der Waals surface area (Å²) in [6.07, 6.45) is 8.03. The summed E-state index contributed by atoms with van der Waals surface area (Å²) >= 11 is 0. The third-order valence-electron chi connectivity index (χ3n) is 3.81. The van der Waals surface area contributed by atoms with Gasteiger partial charge in [-0.15, -0.1) is 0 Å². The maximum Gasteiger partial charge on any atom is 0.314 e. The molecule has 0 fully saturated rings. The van der Waals surface area contributed by atoms with Gasteiger partial charge in [-0.3, -0.25) is 4.79 Å². The third-order valence-corrected chi connectivity index (χ3v) is 3.81. The van der Waals surface area contributed by atoms with Gasteiger partial charge in [-0.25, -0.2) is 4.98 Å². The van der Waals surface area contributed by atoms with E-state index in [1.807, 2.05) is 20.8 Å². The zero-order valence-electron chi connectivity index (χ0n) is 14.0. The maximum absolute atomic E-state index is 12.1. The van der Waals surface area contributed by atoms with E-state index in [-0.39, 0.29) is 11.9 Å². The van der Waals surface area contributed by atoms with E-state index in [0.717, 1.165) is 36.5 Å². The second-order valence-corrected chi connectivity index (χ2v) is 5.70. The Hall–Kier alpha value is -1.32. The van der Waals surface area contributed by atoms with Crippen molar-refractivity contribution in [3.8, 4) is 0 Å². The lowest BCUT2D eigenvalue weighted by molar-refractivity contribution is -0.145. The highest BCUT2D eigenvalue weighted by Gasteiger charge is 2.21. The number of rotatable bonds is 10. The van der Waals surface area contributed by atoms with Gasteiger partial charge in [0, 0.05) is 12.1 Å². The fourth-order valence-corrected chi connectivity index (χ4v) is 2.42. The summed E-state index contributed by atoms with van der Waals surface area (Å²) in [5, 5.41) is 0. The van der Waals surface area contributed by atoms with Gasteiger partial charge >= 0.3 is 5.97 Å². The molecule has 1 heterocycles. The van der Waals surface area contributed by atoms with Crippen molar-refractivity contribution in [3.63, 3.8) is 0 Å². The van der Waals surface area contributed by atoms with Crippen LogP contribution in [0.25, 0.3) is 0 Å². The Labute approximate surface area is 128 Å². The van der Waals surface area contributed by atoms with E-state index in [9.17, 15) is 4.79 Å². The Morgan fingerprint density at radius 3 is 2.48 bits per heavy atom. The zero-order valence-corrected chi connectivity index (χ0v) is 14.0. The lowest BCUT2D eigenvalue weighted by Gasteiger charge is -2.10. The number of esters is 1. The fraction of sp³-hybridized carbons (Fsp3) is 0.765. The van der Waals surface area contributed by atoms with Crippen LogP contribution in [-0.4, -0.2) is 22.5 Å². The summed E-state index contributed by atoms with van der Waals surface area (Å²) in [5.41, 5.74) is 1.79. The van der Waals surface area contributed by atoms with Gasteiger partial charge in [-0.1, -0.05) is 46.0 Å². The highest BCUT2D eigenvalue weighted by molar-refractivity contribution is 5.77. The standard InChI is InChI=1S/C17H30N2O2/c1-5-7-8-9-10-11-12-21-17(20)13(3)16-14(4)18-15(6-2)19-16/h13H,5-12H2,1-4H3,(H,18,19). The van der Waals surface area contributed by atoms with E-state index in [1.54, 1.807) is 0 Å². The Bertz CT molecular complexity index is 426. The van der Waals surface area contributed by atoms with Crippen molar-refractivity contribution in [1.82, 2.24) is 9.97 Å². The molecule has 4 heteroatoms. The molecule has 0 aliphatic rings. The van der Waals surface area contributed by atoms with Gasteiger partial charge in [-0.05, 0) is 20.3 Å². The molecule has 1 rings (SSSR count). The molecule has 0 saturated heterocycles. The zero-order chi connectivity index (χ0) is 15.7. The van der Waals surface area contributed by atoms with E-state index in [4.69, 9.17) is 4.74 Å². The molecule has 4 nitrogen and oxygen atoms in total. The topological polar surface area (TPSA) is 55.0 Å². The normalized spacial score (nSPS) is 12.4. The molecule has 1 aromatic rings. The SMILES string of the molecule is CCCCCCCCOC(=O)C(C)c1nc(CC)[nH]c1C. The molecule has 0 aliphatic carbocycles. The summed E-state index contributed by atoms with van der Waals surface area (Å²) < 4.78 is 5.37. The molecule has 1 atom stereocenters. The predicted molar refractivity (Wildman–Crippen MR) is 85.5 cm³/mol. The average Bonchev–Trinajstić information content (AvgIpc) is 2.86. The second-order valence-electron chi connectivity index (χ2n) is 5.70. The van der Waals surface area contributed by atoms with Crippen molar-refractivity contribution in [2.24, 2.45) is 0 Å². The summed E-state index contributed by atoms with van der Waals surface area (Å²) in [6, 6.07) is 0. The van der Waals surface area contributed by atoms with E-state index in [0.29, 0.717) is 6.61 Å². The predicted octanol–water partition coefficient (Wildman–Crippen LogP) is 4.29. The van der Waals surface area contributed by atoms with Crippen LogP contribution in [0.2, 0.25) is 0 Å². The number of nitrogens with zero attached hydrogens (tertiary/aromatic N) is 1. The van der Waals surface area contributed by atoms with E-state index in [1.165, 1.54) is 25.7 Å². The van der Waals surface area contributed by atoms with Gasteiger partial charge in [0.15, 0.2) is 0 Å². The minimum atomic E-state index is -0.290. The van der Waals surface area contributed by atoms with Crippen LogP contribution in [0.3, 0.4) is 0 Å². The van der Waals surface area contributed by atoms with E-state index in [2.05, 4.69) is 16.9 Å². The highest BCUT2D eigenvalue weighted by Crippen LogP contribution is 2.19. The van der Waals surface area contributed by atoms with Crippen LogP contribution in [0.15, 0.2) is 0 Å². The second kappa shape index (κ2) is 9.59. The van der Waals surface area contributed by atoms with Crippen LogP contribution < -0.4 is 0 Å². The largest absolute Gasteiger partial charge is 0.465 e. The number of nitrogens with one attached hydrogen (secondary N) is 1. The van der Waals surface area contributed by atoms with E-state index < -0.39 is 0 Å². The molecule has 0 spiro atoms. The van der Waals surface area contributed by atoms with Crippen molar-refractivity contribution in [3.05, 3.63) is 17.2 Å². The van der Waals surface area contributed by atoms with Crippen LogP contribution in [0.4, 0.5) is 0 Å². The Morgan fingerprint density at radius 1 is 1.19 bits per heavy atom. The number of imidazole rings is 1. The molecule has 1 N–H and O–H groups in total. The van der Waals surface area contributed by atoms with Crippen molar-refractivity contribution < 1.29 is 9.53 Å². The van der Waals surface area contributed by atoms with Gasteiger partial charge in [0.2, 0.25) is 0 Å². The van der Waals surface area contributed by atoms with Gasteiger partial charge in [-0.2, -0.15) is 0 Å². The molecule has 0 aliphatic heterocycles. The number of unbranched alkanes of at least 4 members (excludes halogenated alkanes) is 5. The minimum Gasteiger partial charge on any atom is -0.465 e. The molecule has 21 heavy (non-hydrogen) atoms. The first-order valence-corrected chi connectivity index (χ1v) is 8.32. The smallest absolute Gasteiger partial charge is 0.314 e. The number of aryl methyl sites for hydroxylation is 2. The Balaban J connectivity index is 2.29. The Kier molecular flexibility index (Phi) is 8.09. The molecule has 0 amide bonds. The first-order valence-electron chi connectivity index (χ1n) is 8.32. The monoisotopic (exact) mass is 294 g/mol. The molecule has 0 aromatic carbocycles. The van der Waals surface area contributed by atoms with Gasteiger partial charge in [0.25, 0.3) is 0 Å². The number of aromatic nitrogens is 2. The van der Waals surface area contributed by atoms with Crippen LogP contribution in [0.1, 0.15) is 82.4 Å². The Morgan fingerprint density at radius 2 is 1.86 bits per heavy atom. The number of hydrogen-bond donors (Lipinski definition) is 1. The number of carbonyl (C=O) groups is 1. The van der Waals surface area contributed by atoms with Crippen LogP contribution in [-0.2, 0) is 16.0 Å². The summed E-state index contributed by atoms with van der Waals surface area (Å²) in [4.78, 5) is 19.7. The first kappa shape index (κ1) is 17.7. The lowest BCUT2D eigenvalue weighted by atomic mass is 10.1. The quantitative estimate of drug-likeness (QED) is 0.517. The maximum atomic E-state index is 12.1. The molecule has 1 unspecified atom stereocenters. The molecule has 0 radical (unpaired) electrons. The molecular formula is C17H30N2O2. The number of aromatic amines is 1. The molecular weight excluding hydrogens is 264 g/mol. The summed E-state index contributed by atoms with van der Waals surface area (Å²) in [5.74, 6) is 0.473. The van der Waals surface area contributed by atoms with Crippen molar-refractivity contribution in [2.45, 2.75) is 78.6 Å². The fourth-order valence-electron chi connectivity index (χ4n) is 2.42. The third kappa shape index (κ3) is 5.90. The summed E-state index contributed by atoms with van der Waals surface area (Å²) in [6.45, 7) is 8.61. The lowest BCUT2D eigenvalue weighted by Crippen LogP contribution is -2.15. The minimum absolute atomic E-state index is 0.166. The number of H-pyrrole nitrogens is 1. The number of carbonyl (C=O) groups excluding carboxylic acids is 1. The van der Waals surface area contributed by atoms with Crippen molar-refractivity contribution >= 4 is 5.97 Å². The molecule has 0 saturated carbocycles. The van der Waals surface area contributed by atoms with Crippen molar-refractivity contribution in [1.29, 1.82) is 0 Å². The average molecular weight is 294 g/mol. The van der Waals surface area contributed by atoms with Crippen molar-refractivity contribution in [2.75, 3.05) is 6.61 Å². The molecule has 1 aromatic heterocycles. The highest BCUT2D eigenvalue weighted by atomic mass is 16.5. The van der Waals surface area contributed by atoms with E-state index >= 15 is 0 Å². The molecule has 0 bridgehead atoms. The van der Waals surface area contributed by atoms with Crippen LogP contribution in [0.5, 0.6) is 0 Å². The summed E-state index contributed by atoms with van der Waals surface area (Å²) in [7, 11) is 0. The number of hydrogen-bond acceptors (Lipinski definition) is 3. The van der Waals surface area contributed by atoms with Gasteiger partial charge < -0.3 is 9.72 Å². The van der Waals surface area contributed by atoms with Crippen LogP contribution >= 0.6 is 0 Å².